The monoisotopic (exact) mass is 297 g/mol. The van der Waals surface area contributed by atoms with Crippen LogP contribution in [0, 0.1) is 0 Å². The van der Waals surface area contributed by atoms with E-state index in [1.54, 1.807) is 0 Å². The second kappa shape index (κ2) is 6.85. The molecule has 0 saturated heterocycles. The molecule has 0 saturated carbocycles. The van der Waals surface area contributed by atoms with Crippen LogP contribution in [0.1, 0.15) is 19.3 Å². The van der Waals surface area contributed by atoms with E-state index in [2.05, 4.69) is 0 Å². The summed E-state index contributed by atoms with van der Waals surface area (Å²) in [5.74, 6) is 0. The summed E-state index contributed by atoms with van der Waals surface area (Å²) in [5, 5.41) is 0. The number of aromatic nitrogens is 1. The average molecular weight is 297 g/mol. The van der Waals surface area contributed by atoms with Crippen molar-refractivity contribution in [1.82, 2.24) is 4.72 Å². The summed E-state index contributed by atoms with van der Waals surface area (Å²) in [4.78, 5) is 0. The van der Waals surface area contributed by atoms with E-state index in [0.717, 1.165) is 13.0 Å². The molecule has 108 valence electrons. The Kier molecular flexibility index (Phi) is 5.74. The number of nitrogens with one attached hydrogen (secondary N) is 1. The molecule has 1 aromatic heterocycles. The Bertz CT molecular complexity index is 474. The molecule has 0 aliphatic rings. The third kappa shape index (κ3) is 5.56. The first-order valence-electron chi connectivity index (χ1n) is 5.83. The van der Waals surface area contributed by atoms with Gasteiger partial charge >= 0.3 is 15.5 Å². The summed E-state index contributed by atoms with van der Waals surface area (Å²) >= 11 is 0. The lowest BCUT2D eigenvalue weighted by Gasteiger charge is -2.08. The fourth-order valence-corrected chi connectivity index (χ4v) is 2.04. The zero-order valence-corrected chi connectivity index (χ0v) is 11.0. The smallest absolute Gasteiger partial charge is 0.207 e. The minimum atomic E-state index is -5.23. The van der Waals surface area contributed by atoms with Crippen molar-refractivity contribution in [2.75, 3.05) is 6.54 Å². The number of sulfonamides is 1. The molecule has 0 aromatic carbocycles. The third-order valence-corrected chi connectivity index (χ3v) is 3.66. The quantitative estimate of drug-likeness (QED) is 0.614. The highest BCUT2D eigenvalue weighted by molar-refractivity contribution is 7.90. The van der Waals surface area contributed by atoms with Gasteiger partial charge in [-0.25, -0.2) is 17.7 Å². The summed E-state index contributed by atoms with van der Waals surface area (Å²) in [5.41, 5.74) is -5.23. The highest BCUT2D eigenvalue weighted by Gasteiger charge is 2.45. The van der Waals surface area contributed by atoms with Crippen molar-refractivity contribution in [3.8, 4) is 0 Å². The molecule has 0 fully saturated rings. The van der Waals surface area contributed by atoms with Crippen molar-refractivity contribution >= 4 is 10.0 Å². The lowest BCUT2D eigenvalue weighted by molar-refractivity contribution is -0.697. The van der Waals surface area contributed by atoms with Crippen molar-refractivity contribution in [2.45, 2.75) is 31.3 Å². The zero-order chi connectivity index (χ0) is 14.4. The molecule has 0 unspecified atom stereocenters. The molecule has 19 heavy (non-hydrogen) atoms. The van der Waals surface area contributed by atoms with Gasteiger partial charge in [0.15, 0.2) is 12.4 Å². The third-order valence-electron chi connectivity index (χ3n) is 2.47. The number of pyridine rings is 1. The van der Waals surface area contributed by atoms with E-state index < -0.39 is 15.5 Å². The molecule has 1 heterocycles. The normalized spacial score (nSPS) is 12.6. The van der Waals surface area contributed by atoms with Crippen molar-refractivity contribution < 1.29 is 26.2 Å². The first-order chi connectivity index (χ1) is 8.83. The molecule has 0 atom stereocenters. The number of rotatable bonds is 7. The van der Waals surface area contributed by atoms with Crippen molar-refractivity contribution in [3.63, 3.8) is 0 Å². The minimum absolute atomic E-state index is 0.193. The number of hydrogen-bond donors (Lipinski definition) is 1. The van der Waals surface area contributed by atoms with Gasteiger partial charge < -0.3 is 0 Å². The fourth-order valence-electron chi connectivity index (χ4n) is 1.47. The van der Waals surface area contributed by atoms with Crippen LogP contribution in [0.4, 0.5) is 13.2 Å². The lowest BCUT2D eigenvalue weighted by Crippen LogP contribution is -2.37. The van der Waals surface area contributed by atoms with Gasteiger partial charge in [0.05, 0.1) is 0 Å². The number of unbranched alkanes of at least 4 members (excludes halogenated alkanes) is 2. The van der Waals surface area contributed by atoms with Crippen LogP contribution in [-0.2, 0) is 16.6 Å². The standard InChI is InChI=1S/C11H16F3N2O2S/c12-11(13,14)19(17,18)15-7-3-1-4-8-16-9-5-2-6-10-16/h2,5-6,9-10,15H,1,3-4,7-8H2/q+1. The topological polar surface area (TPSA) is 50.1 Å². The van der Waals surface area contributed by atoms with Crippen LogP contribution in [0.5, 0.6) is 0 Å². The SMILES string of the molecule is O=S(=O)(NCCCCC[n+]1ccccc1)C(F)(F)F. The summed E-state index contributed by atoms with van der Waals surface area (Å²) in [7, 11) is -5.19. The van der Waals surface area contributed by atoms with E-state index >= 15 is 0 Å². The van der Waals surface area contributed by atoms with E-state index in [1.165, 1.54) is 4.72 Å². The molecular formula is C11H16F3N2O2S+. The van der Waals surface area contributed by atoms with Crippen LogP contribution in [0.3, 0.4) is 0 Å². The first kappa shape index (κ1) is 15.9. The molecule has 0 radical (unpaired) electrons. The van der Waals surface area contributed by atoms with E-state index in [4.69, 9.17) is 0 Å². The van der Waals surface area contributed by atoms with Crippen LogP contribution < -0.4 is 9.29 Å². The molecule has 1 N–H and O–H groups in total. The van der Waals surface area contributed by atoms with Crippen LogP contribution in [-0.4, -0.2) is 20.5 Å². The van der Waals surface area contributed by atoms with Gasteiger partial charge in [-0.05, 0) is 12.8 Å². The van der Waals surface area contributed by atoms with Gasteiger partial charge in [0.25, 0.3) is 0 Å². The summed E-state index contributed by atoms with van der Waals surface area (Å²) in [6.07, 6.45) is 5.60. The minimum Gasteiger partial charge on any atom is -0.207 e. The van der Waals surface area contributed by atoms with E-state index in [9.17, 15) is 21.6 Å². The van der Waals surface area contributed by atoms with E-state index in [0.29, 0.717) is 12.8 Å². The van der Waals surface area contributed by atoms with Crippen LogP contribution >= 0.6 is 0 Å². The number of nitrogens with zero attached hydrogens (tertiary/aromatic N) is 1. The van der Waals surface area contributed by atoms with Gasteiger partial charge in [0.2, 0.25) is 0 Å². The van der Waals surface area contributed by atoms with Crippen molar-refractivity contribution in [1.29, 1.82) is 0 Å². The predicted octanol–water partition coefficient (Wildman–Crippen LogP) is 1.58. The van der Waals surface area contributed by atoms with Crippen molar-refractivity contribution in [2.24, 2.45) is 0 Å². The molecule has 0 aliphatic heterocycles. The van der Waals surface area contributed by atoms with Gasteiger partial charge in [0.1, 0.15) is 6.54 Å². The molecule has 0 amide bonds. The Balaban J connectivity index is 2.16. The largest absolute Gasteiger partial charge is 0.511 e. The van der Waals surface area contributed by atoms with Gasteiger partial charge in [-0.15, -0.1) is 0 Å². The lowest BCUT2D eigenvalue weighted by atomic mass is 10.2. The molecule has 1 rings (SSSR count). The molecule has 4 nitrogen and oxygen atoms in total. The number of halogens is 3. The Hall–Kier alpha value is -1.15. The molecule has 1 aromatic rings. The summed E-state index contributed by atoms with van der Waals surface area (Å²) < 4.78 is 60.8. The maximum absolute atomic E-state index is 12.0. The Morgan fingerprint density at radius 3 is 2.21 bits per heavy atom. The Morgan fingerprint density at radius 1 is 1.00 bits per heavy atom. The van der Waals surface area contributed by atoms with Gasteiger partial charge in [-0.2, -0.15) is 13.2 Å². The van der Waals surface area contributed by atoms with Gasteiger partial charge in [0, 0.05) is 25.1 Å². The molecule has 0 aliphatic carbocycles. The van der Waals surface area contributed by atoms with Crippen LogP contribution in [0.15, 0.2) is 30.6 Å². The summed E-state index contributed by atoms with van der Waals surface area (Å²) in [6, 6.07) is 5.66. The molecule has 0 bridgehead atoms. The number of hydrogen-bond acceptors (Lipinski definition) is 2. The van der Waals surface area contributed by atoms with E-state index in [1.807, 2.05) is 35.2 Å². The molecule has 0 spiro atoms. The van der Waals surface area contributed by atoms with Gasteiger partial charge in [-0.1, -0.05) is 6.07 Å². The fraction of sp³-hybridized carbons (Fsp3) is 0.545. The van der Waals surface area contributed by atoms with Gasteiger partial charge in [-0.3, -0.25) is 0 Å². The highest BCUT2D eigenvalue weighted by atomic mass is 32.2. The average Bonchev–Trinajstić information content (AvgIpc) is 2.33. The first-order valence-corrected chi connectivity index (χ1v) is 7.31. The van der Waals surface area contributed by atoms with E-state index in [-0.39, 0.29) is 6.54 Å². The number of alkyl halides is 3. The van der Waals surface area contributed by atoms with Crippen molar-refractivity contribution in [3.05, 3.63) is 30.6 Å². The second-order valence-electron chi connectivity index (χ2n) is 4.02. The number of aryl methyl sites for hydroxylation is 1. The highest BCUT2D eigenvalue weighted by Crippen LogP contribution is 2.21. The maximum atomic E-state index is 12.0. The molecular weight excluding hydrogens is 281 g/mol. The van der Waals surface area contributed by atoms with Crippen LogP contribution in [0.2, 0.25) is 0 Å². The second-order valence-corrected chi connectivity index (χ2v) is 5.78. The maximum Gasteiger partial charge on any atom is 0.511 e. The molecule has 8 heteroatoms. The summed E-state index contributed by atoms with van der Waals surface area (Å²) in [6.45, 7) is 0.564. The van der Waals surface area contributed by atoms with Crippen LogP contribution in [0.25, 0.3) is 0 Å². The zero-order valence-electron chi connectivity index (χ0n) is 10.2. The Morgan fingerprint density at radius 2 is 1.63 bits per heavy atom. The Labute approximate surface area is 110 Å². The predicted molar refractivity (Wildman–Crippen MR) is 63.5 cm³/mol.